The maximum Gasteiger partial charge on any atom is 0.271 e. The van der Waals surface area contributed by atoms with Crippen LogP contribution in [0.5, 0.6) is 11.5 Å². The topological polar surface area (TPSA) is 72.8 Å². The molecule has 1 N–H and O–H groups in total. The zero-order valence-electron chi connectivity index (χ0n) is 14.6. The van der Waals surface area contributed by atoms with Gasteiger partial charge in [-0.3, -0.25) is 9.78 Å². The molecule has 0 bridgehead atoms. The van der Waals surface area contributed by atoms with E-state index in [2.05, 4.69) is 22.4 Å². The zero-order chi connectivity index (χ0) is 17.9. The SMILES string of the molecule is CCCCOc1ccc(C=NNC(=O)c2ccncc2)cc1OCC. The van der Waals surface area contributed by atoms with Crippen molar-refractivity contribution in [3.63, 3.8) is 0 Å². The number of hydrogen-bond donors (Lipinski definition) is 1. The number of hydrogen-bond acceptors (Lipinski definition) is 5. The molecule has 2 aromatic rings. The largest absolute Gasteiger partial charge is 0.490 e. The van der Waals surface area contributed by atoms with Crippen molar-refractivity contribution >= 4 is 12.1 Å². The summed E-state index contributed by atoms with van der Waals surface area (Å²) in [4.78, 5) is 15.8. The zero-order valence-corrected chi connectivity index (χ0v) is 14.6. The first-order valence-electron chi connectivity index (χ1n) is 8.37. The van der Waals surface area contributed by atoms with Gasteiger partial charge < -0.3 is 9.47 Å². The minimum atomic E-state index is -0.289. The second kappa shape index (κ2) is 10.1. The average Bonchev–Trinajstić information content (AvgIpc) is 2.64. The Morgan fingerprint density at radius 3 is 2.68 bits per heavy atom. The molecule has 0 saturated carbocycles. The van der Waals surface area contributed by atoms with E-state index < -0.39 is 0 Å². The molecule has 0 aliphatic rings. The number of benzene rings is 1. The lowest BCUT2D eigenvalue weighted by molar-refractivity contribution is 0.0955. The van der Waals surface area contributed by atoms with E-state index in [-0.39, 0.29) is 5.91 Å². The molecular weight excluding hydrogens is 318 g/mol. The summed E-state index contributed by atoms with van der Waals surface area (Å²) in [7, 11) is 0. The summed E-state index contributed by atoms with van der Waals surface area (Å²) < 4.78 is 11.4. The maximum absolute atomic E-state index is 11.9. The van der Waals surface area contributed by atoms with Gasteiger partial charge in [-0.1, -0.05) is 13.3 Å². The summed E-state index contributed by atoms with van der Waals surface area (Å²) in [6.45, 7) is 5.24. The van der Waals surface area contributed by atoms with Gasteiger partial charge >= 0.3 is 0 Å². The van der Waals surface area contributed by atoms with Crippen LogP contribution in [0.15, 0.2) is 47.8 Å². The monoisotopic (exact) mass is 341 g/mol. The number of rotatable bonds is 9. The van der Waals surface area contributed by atoms with Crippen molar-refractivity contribution < 1.29 is 14.3 Å². The summed E-state index contributed by atoms with van der Waals surface area (Å²) in [6, 6.07) is 8.81. The van der Waals surface area contributed by atoms with Crippen molar-refractivity contribution in [2.24, 2.45) is 5.10 Å². The Labute approximate surface area is 147 Å². The van der Waals surface area contributed by atoms with E-state index in [1.165, 1.54) is 0 Å². The molecule has 0 spiro atoms. The van der Waals surface area contributed by atoms with Gasteiger partial charge in [-0.15, -0.1) is 0 Å². The van der Waals surface area contributed by atoms with E-state index in [4.69, 9.17) is 9.47 Å². The van der Waals surface area contributed by atoms with Gasteiger partial charge in [0.1, 0.15) is 0 Å². The lowest BCUT2D eigenvalue weighted by Crippen LogP contribution is -2.17. The number of amides is 1. The van der Waals surface area contributed by atoms with Crippen LogP contribution in [0.25, 0.3) is 0 Å². The molecule has 1 aromatic heterocycles. The van der Waals surface area contributed by atoms with E-state index >= 15 is 0 Å². The summed E-state index contributed by atoms with van der Waals surface area (Å²) in [5.41, 5.74) is 3.79. The predicted molar refractivity (Wildman–Crippen MR) is 97.3 cm³/mol. The third-order valence-electron chi connectivity index (χ3n) is 3.35. The highest BCUT2D eigenvalue weighted by molar-refractivity contribution is 5.94. The number of nitrogens with zero attached hydrogens (tertiary/aromatic N) is 2. The Morgan fingerprint density at radius 1 is 1.16 bits per heavy atom. The molecule has 0 fully saturated rings. The number of pyridine rings is 1. The minimum Gasteiger partial charge on any atom is -0.490 e. The standard InChI is InChI=1S/C19H23N3O3/c1-3-5-12-25-17-7-6-15(13-18(17)24-4-2)14-21-22-19(23)16-8-10-20-11-9-16/h6-11,13-14H,3-5,12H2,1-2H3,(H,22,23). The molecular formula is C19H23N3O3. The van der Waals surface area contributed by atoms with Gasteiger partial charge in [0.15, 0.2) is 11.5 Å². The number of unbranched alkanes of at least 4 members (excludes halogenated alkanes) is 1. The van der Waals surface area contributed by atoms with Gasteiger partial charge in [0.25, 0.3) is 5.91 Å². The molecule has 0 radical (unpaired) electrons. The van der Waals surface area contributed by atoms with Gasteiger partial charge in [-0.25, -0.2) is 5.43 Å². The second-order valence-corrected chi connectivity index (χ2v) is 5.28. The molecule has 6 nitrogen and oxygen atoms in total. The fraction of sp³-hybridized carbons (Fsp3) is 0.316. The van der Waals surface area contributed by atoms with Crippen LogP contribution in [0.2, 0.25) is 0 Å². The molecule has 1 aromatic carbocycles. The molecule has 0 aliphatic carbocycles. The molecule has 25 heavy (non-hydrogen) atoms. The van der Waals surface area contributed by atoms with Crippen LogP contribution in [-0.4, -0.2) is 30.3 Å². The van der Waals surface area contributed by atoms with Crippen LogP contribution >= 0.6 is 0 Å². The average molecular weight is 341 g/mol. The highest BCUT2D eigenvalue weighted by Crippen LogP contribution is 2.28. The van der Waals surface area contributed by atoms with Gasteiger partial charge in [0.2, 0.25) is 0 Å². The summed E-state index contributed by atoms with van der Waals surface area (Å²) in [6.07, 6.45) is 6.76. The van der Waals surface area contributed by atoms with E-state index in [9.17, 15) is 4.79 Å². The quantitative estimate of drug-likeness (QED) is 0.431. The fourth-order valence-electron chi connectivity index (χ4n) is 2.05. The molecule has 1 amide bonds. The third kappa shape index (κ3) is 5.91. The van der Waals surface area contributed by atoms with Crippen LogP contribution in [-0.2, 0) is 0 Å². The molecule has 6 heteroatoms. The van der Waals surface area contributed by atoms with Crippen LogP contribution in [0.3, 0.4) is 0 Å². The first-order valence-corrected chi connectivity index (χ1v) is 8.37. The Morgan fingerprint density at radius 2 is 1.96 bits per heavy atom. The van der Waals surface area contributed by atoms with Crippen LogP contribution in [0.1, 0.15) is 42.6 Å². The molecule has 2 rings (SSSR count). The van der Waals surface area contributed by atoms with Crippen molar-refractivity contribution in [1.82, 2.24) is 10.4 Å². The van der Waals surface area contributed by atoms with E-state index in [0.717, 1.165) is 18.4 Å². The van der Waals surface area contributed by atoms with E-state index in [0.29, 0.717) is 30.3 Å². The van der Waals surface area contributed by atoms with Crippen molar-refractivity contribution in [3.8, 4) is 11.5 Å². The Bertz CT molecular complexity index is 702. The summed E-state index contributed by atoms with van der Waals surface area (Å²) in [5.74, 6) is 1.10. The van der Waals surface area contributed by atoms with Crippen LogP contribution in [0, 0.1) is 0 Å². The lowest BCUT2D eigenvalue weighted by atomic mass is 10.2. The fourth-order valence-corrected chi connectivity index (χ4v) is 2.05. The van der Waals surface area contributed by atoms with Crippen molar-refractivity contribution in [1.29, 1.82) is 0 Å². The first-order chi connectivity index (χ1) is 12.2. The highest BCUT2D eigenvalue weighted by atomic mass is 16.5. The lowest BCUT2D eigenvalue weighted by Gasteiger charge is -2.12. The Balaban J connectivity index is 2.01. The number of ether oxygens (including phenoxy) is 2. The van der Waals surface area contributed by atoms with Gasteiger partial charge in [-0.05, 0) is 49.2 Å². The molecule has 1 heterocycles. The smallest absolute Gasteiger partial charge is 0.271 e. The number of carbonyl (C=O) groups is 1. The molecule has 0 unspecified atom stereocenters. The first kappa shape index (κ1) is 18.4. The maximum atomic E-state index is 11.9. The number of nitrogens with one attached hydrogen (secondary N) is 1. The molecule has 0 atom stereocenters. The third-order valence-corrected chi connectivity index (χ3v) is 3.35. The molecule has 0 saturated heterocycles. The van der Waals surface area contributed by atoms with Crippen LogP contribution in [0.4, 0.5) is 0 Å². The molecule has 132 valence electrons. The Kier molecular flexibility index (Phi) is 7.43. The van der Waals surface area contributed by atoms with Crippen molar-refractivity contribution in [3.05, 3.63) is 53.9 Å². The Hall–Kier alpha value is -2.89. The number of aromatic nitrogens is 1. The predicted octanol–water partition coefficient (Wildman–Crippen LogP) is 3.42. The second-order valence-electron chi connectivity index (χ2n) is 5.28. The summed E-state index contributed by atoms with van der Waals surface area (Å²) >= 11 is 0. The molecule has 0 aliphatic heterocycles. The van der Waals surface area contributed by atoms with Crippen molar-refractivity contribution in [2.75, 3.05) is 13.2 Å². The summed E-state index contributed by atoms with van der Waals surface area (Å²) in [5, 5.41) is 3.98. The van der Waals surface area contributed by atoms with E-state index in [1.54, 1.807) is 30.7 Å². The number of hydrazone groups is 1. The highest BCUT2D eigenvalue weighted by Gasteiger charge is 2.06. The van der Waals surface area contributed by atoms with Gasteiger partial charge in [0, 0.05) is 18.0 Å². The van der Waals surface area contributed by atoms with Crippen molar-refractivity contribution in [2.45, 2.75) is 26.7 Å². The normalized spacial score (nSPS) is 10.6. The minimum absolute atomic E-state index is 0.289. The van der Waals surface area contributed by atoms with Gasteiger partial charge in [-0.2, -0.15) is 5.10 Å². The van der Waals surface area contributed by atoms with Gasteiger partial charge in [0.05, 0.1) is 19.4 Å². The van der Waals surface area contributed by atoms with E-state index in [1.807, 2.05) is 25.1 Å². The van der Waals surface area contributed by atoms with Crippen LogP contribution < -0.4 is 14.9 Å². The number of carbonyl (C=O) groups excluding carboxylic acids is 1.